The fourth-order valence-corrected chi connectivity index (χ4v) is 1.08. The van der Waals surface area contributed by atoms with E-state index in [2.05, 4.69) is 10.2 Å². The van der Waals surface area contributed by atoms with Crippen molar-refractivity contribution < 1.29 is 9.84 Å². The third-order valence-electron chi connectivity index (χ3n) is 1.80. The van der Waals surface area contributed by atoms with Gasteiger partial charge in [0.05, 0.1) is 13.3 Å². The van der Waals surface area contributed by atoms with Gasteiger partial charge in [-0.05, 0) is 18.4 Å². The zero-order valence-corrected chi connectivity index (χ0v) is 9.86. The largest absolute Gasteiger partial charge is 0.507 e. The Morgan fingerprint density at radius 3 is 2.88 bits per heavy atom. The number of thioether (sulfide) groups is 1. The molecule has 0 aromatic heterocycles. The molecule has 0 amide bonds. The van der Waals surface area contributed by atoms with Gasteiger partial charge in [0.2, 0.25) is 0 Å². The molecule has 0 saturated carbocycles. The third-order valence-corrected chi connectivity index (χ3v) is 2.30. The number of amidine groups is 1. The van der Waals surface area contributed by atoms with E-state index in [1.54, 1.807) is 18.4 Å². The molecular formula is C10H13N3O2S. The summed E-state index contributed by atoms with van der Waals surface area (Å²) in [5.41, 5.74) is 5.99. The van der Waals surface area contributed by atoms with E-state index in [4.69, 9.17) is 10.5 Å². The van der Waals surface area contributed by atoms with Crippen molar-refractivity contribution in [2.75, 3.05) is 13.4 Å². The summed E-state index contributed by atoms with van der Waals surface area (Å²) in [7, 11) is 1.53. The van der Waals surface area contributed by atoms with E-state index in [1.807, 2.05) is 0 Å². The molecule has 3 N–H and O–H groups in total. The number of nitrogens with zero attached hydrogens (tertiary/aromatic N) is 2. The van der Waals surface area contributed by atoms with Gasteiger partial charge in [-0.1, -0.05) is 11.8 Å². The molecule has 0 aliphatic heterocycles. The second kappa shape index (κ2) is 6.02. The number of methoxy groups -OCH3 is 1. The molecular weight excluding hydrogens is 226 g/mol. The monoisotopic (exact) mass is 239 g/mol. The van der Waals surface area contributed by atoms with Crippen LogP contribution < -0.4 is 10.5 Å². The predicted octanol–water partition coefficient (Wildman–Crippen LogP) is 1.41. The highest BCUT2D eigenvalue weighted by molar-refractivity contribution is 8.13. The molecule has 0 bridgehead atoms. The number of hydrogen-bond donors (Lipinski definition) is 2. The van der Waals surface area contributed by atoms with Crippen molar-refractivity contribution in [3.05, 3.63) is 23.8 Å². The number of aromatic hydroxyl groups is 1. The first kappa shape index (κ1) is 12.4. The van der Waals surface area contributed by atoms with Gasteiger partial charge >= 0.3 is 0 Å². The smallest absolute Gasteiger partial charge is 0.180 e. The topological polar surface area (TPSA) is 80.2 Å². The first-order valence-electron chi connectivity index (χ1n) is 4.45. The maximum atomic E-state index is 9.59. The minimum absolute atomic E-state index is 0.0843. The minimum Gasteiger partial charge on any atom is -0.507 e. The normalized spacial score (nSPS) is 12.0. The molecule has 0 atom stereocenters. The predicted molar refractivity (Wildman–Crippen MR) is 67.4 cm³/mol. The van der Waals surface area contributed by atoms with Gasteiger partial charge in [-0.3, -0.25) is 0 Å². The van der Waals surface area contributed by atoms with Crippen LogP contribution in [0.25, 0.3) is 0 Å². The van der Waals surface area contributed by atoms with E-state index in [1.165, 1.54) is 31.2 Å². The number of ether oxygens (including phenoxy) is 1. The fourth-order valence-electron chi connectivity index (χ4n) is 0.948. The lowest BCUT2D eigenvalue weighted by Gasteiger charge is -2.01. The van der Waals surface area contributed by atoms with Crippen LogP contribution in [0.2, 0.25) is 0 Å². The molecule has 1 aromatic rings. The van der Waals surface area contributed by atoms with Gasteiger partial charge in [-0.15, -0.1) is 5.10 Å². The molecule has 6 heteroatoms. The molecule has 16 heavy (non-hydrogen) atoms. The molecule has 0 heterocycles. The van der Waals surface area contributed by atoms with Crippen LogP contribution in [0.4, 0.5) is 0 Å². The Balaban J connectivity index is 2.82. The molecule has 0 spiro atoms. The lowest BCUT2D eigenvalue weighted by molar-refractivity contribution is 0.407. The summed E-state index contributed by atoms with van der Waals surface area (Å²) >= 11 is 1.30. The van der Waals surface area contributed by atoms with Gasteiger partial charge in [0.1, 0.15) is 11.5 Å². The van der Waals surface area contributed by atoms with Gasteiger partial charge in [-0.2, -0.15) is 5.10 Å². The Hall–Kier alpha value is -1.69. The molecule has 5 nitrogen and oxygen atoms in total. The zero-order chi connectivity index (χ0) is 12.0. The molecule has 0 aliphatic carbocycles. The second-order valence-electron chi connectivity index (χ2n) is 2.81. The Bertz CT molecular complexity index is 419. The van der Waals surface area contributed by atoms with Crippen LogP contribution in [0.15, 0.2) is 28.4 Å². The summed E-state index contributed by atoms with van der Waals surface area (Å²) < 4.78 is 4.95. The molecule has 0 saturated heterocycles. The van der Waals surface area contributed by atoms with Gasteiger partial charge in [-0.25, -0.2) is 0 Å². The minimum atomic E-state index is 0.0843. The van der Waals surface area contributed by atoms with Crippen LogP contribution in [-0.2, 0) is 0 Å². The number of rotatable bonds is 3. The molecule has 86 valence electrons. The zero-order valence-electron chi connectivity index (χ0n) is 9.04. The molecule has 1 rings (SSSR count). The van der Waals surface area contributed by atoms with Crippen molar-refractivity contribution in [1.29, 1.82) is 0 Å². The van der Waals surface area contributed by atoms with Crippen molar-refractivity contribution in [3.8, 4) is 11.5 Å². The number of hydrogen-bond acceptors (Lipinski definition) is 5. The van der Waals surface area contributed by atoms with E-state index < -0.39 is 0 Å². The van der Waals surface area contributed by atoms with Crippen molar-refractivity contribution in [2.45, 2.75) is 0 Å². The number of benzene rings is 1. The maximum Gasteiger partial charge on any atom is 0.180 e. The highest BCUT2D eigenvalue weighted by Crippen LogP contribution is 2.21. The van der Waals surface area contributed by atoms with Crippen LogP contribution in [-0.4, -0.2) is 29.9 Å². The Morgan fingerprint density at radius 2 is 2.31 bits per heavy atom. The summed E-state index contributed by atoms with van der Waals surface area (Å²) in [4.78, 5) is 0. The Morgan fingerprint density at radius 1 is 1.56 bits per heavy atom. The summed E-state index contributed by atoms with van der Waals surface area (Å²) in [6, 6.07) is 4.91. The van der Waals surface area contributed by atoms with E-state index in [0.717, 1.165) is 0 Å². The van der Waals surface area contributed by atoms with E-state index >= 15 is 0 Å². The van der Waals surface area contributed by atoms with Crippen molar-refractivity contribution >= 4 is 23.1 Å². The molecule has 0 aliphatic rings. The van der Waals surface area contributed by atoms with Crippen LogP contribution in [0, 0.1) is 0 Å². The van der Waals surface area contributed by atoms with Crippen LogP contribution in [0.1, 0.15) is 5.56 Å². The van der Waals surface area contributed by atoms with E-state index in [9.17, 15) is 5.11 Å². The standard InChI is InChI=1S/C10H13N3O2S/c1-15-8-4-3-7(9(14)5-8)6-12-13-10(11)16-2/h3-6,14H,1-2H3,(H2,11,13)/b12-6+. The van der Waals surface area contributed by atoms with Gasteiger partial charge in [0.15, 0.2) is 5.17 Å². The van der Waals surface area contributed by atoms with Crippen molar-refractivity contribution in [2.24, 2.45) is 15.9 Å². The van der Waals surface area contributed by atoms with Gasteiger partial charge in [0, 0.05) is 11.6 Å². The fraction of sp³-hybridized carbons (Fsp3) is 0.200. The lowest BCUT2D eigenvalue weighted by atomic mass is 10.2. The van der Waals surface area contributed by atoms with Crippen LogP contribution in [0.5, 0.6) is 11.5 Å². The van der Waals surface area contributed by atoms with Crippen molar-refractivity contribution in [1.82, 2.24) is 0 Å². The number of phenolic OH excluding ortho intramolecular Hbond substituents is 1. The molecule has 0 unspecified atom stereocenters. The van der Waals surface area contributed by atoms with E-state index in [0.29, 0.717) is 16.5 Å². The van der Waals surface area contributed by atoms with E-state index in [-0.39, 0.29) is 5.75 Å². The summed E-state index contributed by atoms with van der Waals surface area (Å²) in [6.45, 7) is 0. The average molecular weight is 239 g/mol. The highest BCUT2D eigenvalue weighted by atomic mass is 32.2. The van der Waals surface area contributed by atoms with Crippen LogP contribution in [0.3, 0.4) is 0 Å². The Kier molecular flexibility index (Phi) is 4.65. The summed E-state index contributed by atoms with van der Waals surface area (Å²) in [6.07, 6.45) is 3.23. The Labute approximate surface area is 98.0 Å². The first-order valence-corrected chi connectivity index (χ1v) is 5.67. The number of nitrogens with two attached hydrogens (primary N) is 1. The van der Waals surface area contributed by atoms with Crippen LogP contribution >= 0.6 is 11.8 Å². The molecule has 0 fully saturated rings. The number of phenols is 1. The van der Waals surface area contributed by atoms with Gasteiger partial charge < -0.3 is 15.6 Å². The first-order chi connectivity index (χ1) is 7.67. The molecule has 1 aromatic carbocycles. The lowest BCUT2D eigenvalue weighted by Crippen LogP contribution is -2.03. The highest BCUT2D eigenvalue weighted by Gasteiger charge is 1.99. The van der Waals surface area contributed by atoms with Crippen molar-refractivity contribution in [3.63, 3.8) is 0 Å². The van der Waals surface area contributed by atoms with Gasteiger partial charge in [0.25, 0.3) is 0 Å². The quantitative estimate of drug-likeness (QED) is 0.475. The third kappa shape index (κ3) is 3.47. The summed E-state index contributed by atoms with van der Waals surface area (Å²) in [5, 5.41) is 17.4. The molecule has 0 radical (unpaired) electrons. The average Bonchev–Trinajstić information content (AvgIpc) is 2.30. The second-order valence-corrected chi connectivity index (χ2v) is 3.64. The summed E-state index contributed by atoms with van der Waals surface area (Å²) in [5.74, 6) is 0.669. The maximum absolute atomic E-state index is 9.59. The SMILES string of the molecule is COc1ccc(/C=N/N=C(\N)SC)c(O)c1.